The first-order valence-corrected chi connectivity index (χ1v) is 21.4. The van der Waals surface area contributed by atoms with E-state index in [-0.39, 0.29) is 73.0 Å². The summed E-state index contributed by atoms with van der Waals surface area (Å²) in [6.07, 6.45) is -2.95. The zero-order valence-electron chi connectivity index (χ0n) is 33.3. The maximum Gasteiger partial charge on any atom is 0.293 e. The van der Waals surface area contributed by atoms with Crippen molar-refractivity contribution in [2.45, 2.75) is 43.7 Å². The number of fused-ring (bicyclic) bond motifs is 5. The molecule has 1 amide bonds. The van der Waals surface area contributed by atoms with Crippen molar-refractivity contribution < 1.29 is 48.7 Å². The van der Waals surface area contributed by atoms with E-state index in [1.54, 1.807) is 0 Å². The number of benzene rings is 3. The average Bonchev–Trinajstić information content (AvgIpc) is 3.75. The lowest BCUT2D eigenvalue weighted by Crippen LogP contribution is -2.38. The normalized spacial score (nSPS) is 16.9. The Labute approximate surface area is 361 Å². The first-order chi connectivity index (χ1) is 30.2. The summed E-state index contributed by atoms with van der Waals surface area (Å²) < 4.78 is 139. The Bertz CT molecular complexity index is 3270. The topological polar surface area (TPSA) is 168 Å². The first kappa shape index (κ1) is 42.7. The molecular formula is C41H31ClF7N9O5S. The van der Waals surface area contributed by atoms with Crippen LogP contribution in [0.5, 0.6) is 5.88 Å². The molecule has 14 nitrogen and oxygen atoms in total. The van der Waals surface area contributed by atoms with E-state index in [0.717, 1.165) is 23.0 Å². The number of pyridine rings is 1. The number of ether oxygens (including phenoxy) is 1. The zero-order valence-corrected chi connectivity index (χ0v) is 34.9. The van der Waals surface area contributed by atoms with Crippen LogP contribution in [0.15, 0.2) is 65.5 Å². The highest BCUT2D eigenvalue weighted by Crippen LogP contribution is 2.68. The second-order valence-corrected chi connectivity index (χ2v) is 17.6. The third-order valence-corrected chi connectivity index (χ3v) is 12.0. The van der Waals surface area contributed by atoms with Crippen LogP contribution >= 0.6 is 11.6 Å². The molecule has 4 aromatic heterocycles. The minimum Gasteiger partial charge on any atom is -0.480 e. The Kier molecular flexibility index (Phi) is 10.2. The van der Waals surface area contributed by atoms with Crippen LogP contribution in [0.4, 0.5) is 36.6 Å². The van der Waals surface area contributed by atoms with Gasteiger partial charge in [0.05, 0.1) is 46.4 Å². The van der Waals surface area contributed by atoms with Crippen LogP contribution in [-0.4, -0.2) is 61.8 Å². The number of amides is 1. The summed E-state index contributed by atoms with van der Waals surface area (Å²) in [6, 6.07) is 10.3. The molecule has 3 aromatic carbocycles. The number of halogens is 8. The number of carbonyl (C=O) groups excluding carboxylic acids is 1. The van der Waals surface area contributed by atoms with Crippen molar-refractivity contribution in [2.24, 2.45) is 13.0 Å². The van der Waals surface area contributed by atoms with Gasteiger partial charge in [-0.2, -0.15) is 24.0 Å². The van der Waals surface area contributed by atoms with E-state index in [0.29, 0.717) is 10.7 Å². The Balaban J connectivity index is 1.29. The second-order valence-electron chi connectivity index (χ2n) is 15.4. The molecule has 2 N–H and O–H groups in total. The third kappa shape index (κ3) is 7.26. The fourth-order valence-electron chi connectivity index (χ4n) is 8.52. The van der Waals surface area contributed by atoms with Gasteiger partial charge in [-0.05, 0) is 54.3 Å². The Morgan fingerprint density at radius 3 is 2.41 bits per heavy atom. The monoisotopic (exact) mass is 929 g/mol. The number of methoxy groups -OCH3 is 1. The van der Waals surface area contributed by atoms with Gasteiger partial charge in [0.2, 0.25) is 21.8 Å². The number of rotatable bonds is 12. The summed E-state index contributed by atoms with van der Waals surface area (Å²) in [5.74, 6) is -10.4. The summed E-state index contributed by atoms with van der Waals surface area (Å²) >= 11 is 6.63. The summed E-state index contributed by atoms with van der Waals surface area (Å²) in [6.45, 7) is -1.04. The molecule has 2 aliphatic carbocycles. The zero-order chi connectivity index (χ0) is 45.7. The van der Waals surface area contributed by atoms with E-state index in [2.05, 4.69) is 30.2 Å². The third-order valence-electron chi connectivity index (χ3n) is 11.1. The highest BCUT2D eigenvalue weighted by Gasteiger charge is 2.67. The molecule has 64 heavy (non-hydrogen) atoms. The number of hydrogen-bond donors (Lipinski definition) is 2. The Morgan fingerprint density at radius 1 is 1.02 bits per heavy atom. The highest BCUT2D eigenvalue weighted by atomic mass is 35.5. The standard InChI is InChI=1S/C41H31ClF7N9O5S/c1-56-33-28(9-8-25(42)31(33)37(54-56)55-64(3,61)62)58-38(51-36-23(40(58)60)14-21(39(52-36)63-2)20-6-4-5-7-26(20)45)27(12-17-10-18(43)13-19(44)11-17)50-29(59)16-57-34-30(32(53-57)35(46)47)22-15-24(22)41(34,48)49/h4-11,13-14,22,24,27,35H,12,15-16H2,1-3H3,(H,50,59)(H,54,55)/t22-,24+,27-/m0/s1. The van der Waals surface area contributed by atoms with Crippen molar-refractivity contribution in [2.75, 3.05) is 18.1 Å². The van der Waals surface area contributed by atoms with Crippen molar-refractivity contribution in [1.82, 2.24) is 39.4 Å². The van der Waals surface area contributed by atoms with Crippen LogP contribution in [0, 0.1) is 23.4 Å². The summed E-state index contributed by atoms with van der Waals surface area (Å²) in [5.41, 5.74) is -3.47. The lowest BCUT2D eigenvalue weighted by molar-refractivity contribution is -0.123. The van der Waals surface area contributed by atoms with Gasteiger partial charge in [0.15, 0.2) is 11.5 Å². The maximum atomic E-state index is 15.5. The molecule has 0 spiro atoms. The van der Waals surface area contributed by atoms with Crippen molar-refractivity contribution in [3.8, 4) is 22.7 Å². The molecule has 4 heterocycles. The average molecular weight is 930 g/mol. The number of nitrogens with one attached hydrogen (secondary N) is 2. The van der Waals surface area contributed by atoms with Crippen molar-refractivity contribution in [1.29, 1.82) is 0 Å². The fourth-order valence-corrected chi connectivity index (χ4v) is 9.25. The van der Waals surface area contributed by atoms with Gasteiger partial charge < -0.3 is 10.1 Å². The molecule has 3 atom stereocenters. The van der Waals surface area contributed by atoms with Gasteiger partial charge in [0.1, 0.15) is 41.2 Å². The molecule has 0 radical (unpaired) electrons. The SMILES string of the molecule is COc1nc2nc([C@H](Cc3cc(F)cc(F)c3)NC(=O)Cn3nc(C(F)F)c4c3C(F)(F)[C@@H]3C[C@H]43)n(-c3ccc(Cl)c4c(NS(C)(=O)=O)nn(C)c34)c(=O)c2cc1-c1ccccc1F. The number of nitrogens with zero attached hydrogens (tertiary/aromatic N) is 7. The van der Waals surface area contributed by atoms with Crippen LogP contribution in [0.3, 0.4) is 0 Å². The van der Waals surface area contributed by atoms with Gasteiger partial charge in [-0.3, -0.25) is 28.2 Å². The van der Waals surface area contributed by atoms with E-state index in [4.69, 9.17) is 16.3 Å². The van der Waals surface area contributed by atoms with E-state index < -0.39 is 99.3 Å². The lowest BCUT2D eigenvalue weighted by Gasteiger charge is -2.24. The maximum absolute atomic E-state index is 15.5. The summed E-state index contributed by atoms with van der Waals surface area (Å²) in [7, 11) is -1.33. The van der Waals surface area contributed by atoms with Gasteiger partial charge in [-0.15, -0.1) is 0 Å². The number of aromatic nitrogens is 7. The van der Waals surface area contributed by atoms with Crippen molar-refractivity contribution in [3.63, 3.8) is 0 Å². The predicted molar refractivity (Wildman–Crippen MR) is 218 cm³/mol. The summed E-state index contributed by atoms with van der Waals surface area (Å²) in [4.78, 5) is 38.5. The van der Waals surface area contributed by atoms with Gasteiger partial charge in [-0.1, -0.05) is 29.8 Å². The molecule has 9 rings (SSSR count). The van der Waals surface area contributed by atoms with Gasteiger partial charge in [0, 0.05) is 42.1 Å². The molecule has 332 valence electrons. The number of sulfonamides is 1. The molecular weight excluding hydrogens is 899 g/mol. The van der Waals surface area contributed by atoms with E-state index >= 15 is 18.0 Å². The number of hydrogen-bond acceptors (Lipinski definition) is 9. The number of aryl methyl sites for hydroxylation is 1. The van der Waals surface area contributed by atoms with Crippen molar-refractivity contribution >= 4 is 55.3 Å². The molecule has 7 aromatic rings. The summed E-state index contributed by atoms with van der Waals surface area (Å²) in [5, 5.41) is 10.3. The molecule has 2 aliphatic rings. The van der Waals surface area contributed by atoms with Crippen LogP contribution in [-0.2, 0) is 40.8 Å². The highest BCUT2D eigenvalue weighted by molar-refractivity contribution is 7.92. The number of carbonyl (C=O) groups is 1. The van der Waals surface area contributed by atoms with Gasteiger partial charge >= 0.3 is 0 Å². The Hall–Kier alpha value is -6.55. The molecule has 1 fully saturated rings. The van der Waals surface area contributed by atoms with Gasteiger partial charge in [0.25, 0.3) is 17.9 Å². The smallest absolute Gasteiger partial charge is 0.293 e. The van der Waals surface area contributed by atoms with Crippen LogP contribution in [0.1, 0.15) is 53.1 Å². The number of anilines is 1. The van der Waals surface area contributed by atoms with E-state index in [1.165, 1.54) is 61.3 Å². The Morgan fingerprint density at radius 2 is 1.73 bits per heavy atom. The molecule has 1 saturated carbocycles. The molecule has 0 saturated heterocycles. The minimum absolute atomic E-state index is 0.000856. The largest absolute Gasteiger partial charge is 0.480 e. The second kappa shape index (κ2) is 15.3. The van der Waals surface area contributed by atoms with Crippen LogP contribution in [0.2, 0.25) is 5.02 Å². The van der Waals surface area contributed by atoms with Crippen LogP contribution < -0.4 is 20.3 Å². The van der Waals surface area contributed by atoms with Gasteiger partial charge in [-0.25, -0.2) is 35.4 Å². The molecule has 0 bridgehead atoms. The first-order valence-electron chi connectivity index (χ1n) is 19.2. The van der Waals surface area contributed by atoms with E-state index in [1.807, 2.05) is 0 Å². The fraction of sp³-hybridized carbons (Fsp3) is 0.268. The lowest BCUT2D eigenvalue weighted by atomic mass is 10.0. The van der Waals surface area contributed by atoms with Crippen LogP contribution in [0.25, 0.3) is 38.8 Å². The predicted octanol–water partition coefficient (Wildman–Crippen LogP) is 7.23. The molecule has 23 heteroatoms. The molecule has 0 aliphatic heterocycles. The van der Waals surface area contributed by atoms with Crippen molar-refractivity contribution in [3.05, 3.63) is 122 Å². The molecule has 0 unspecified atom stereocenters. The van der Waals surface area contributed by atoms with E-state index in [9.17, 15) is 30.8 Å². The quantitative estimate of drug-likeness (QED) is 0.120. The number of alkyl halides is 4. The minimum atomic E-state index is -3.97.